The standard InChI is InChI=1S/C23H33Cl3O4/c1-2-3-4-9-12-15-29-21(27)13-10-7-5-6-8-11-14-22(28)30-20-17-18(24)16-19(25)23(20)26/h16-17H,2-15H2,1H3. The molecule has 1 aromatic carbocycles. The Morgan fingerprint density at radius 2 is 1.33 bits per heavy atom. The van der Waals surface area contributed by atoms with Crippen molar-refractivity contribution in [3.63, 3.8) is 0 Å². The topological polar surface area (TPSA) is 52.6 Å². The van der Waals surface area contributed by atoms with Gasteiger partial charge in [0, 0.05) is 23.9 Å². The second kappa shape index (κ2) is 16.7. The summed E-state index contributed by atoms with van der Waals surface area (Å²) in [5, 5.41) is 0.801. The first-order valence-corrected chi connectivity index (χ1v) is 12.1. The van der Waals surface area contributed by atoms with Gasteiger partial charge in [-0.15, -0.1) is 0 Å². The van der Waals surface area contributed by atoms with E-state index in [0.29, 0.717) is 24.5 Å². The summed E-state index contributed by atoms with van der Waals surface area (Å²) in [6.07, 6.45) is 12.2. The summed E-state index contributed by atoms with van der Waals surface area (Å²) in [4.78, 5) is 23.6. The summed E-state index contributed by atoms with van der Waals surface area (Å²) in [7, 11) is 0. The van der Waals surface area contributed by atoms with Gasteiger partial charge in [0.1, 0.15) is 5.02 Å². The monoisotopic (exact) mass is 478 g/mol. The SMILES string of the molecule is CCCCCCCOC(=O)CCCCCCCCC(=O)Oc1cc(Cl)cc(Cl)c1Cl. The first kappa shape index (κ1) is 27.1. The number of hydrogen-bond donors (Lipinski definition) is 0. The summed E-state index contributed by atoms with van der Waals surface area (Å²) in [6, 6.07) is 2.97. The highest BCUT2D eigenvalue weighted by molar-refractivity contribution is 6.44. The molecule has 0 atom stereocenters. The maximum absolute atomic E-state index is 11.9. The Morgan fingerprint density at radius 1 is 0.767 bits per heavy atom. The summed E-state index contributed by atoms with van der Waals surface area (Å²) in [6.45, 7) is 2.73. The average Bonchev–Trinajstić information content (AvgIpc) is 2.70. The van der Waals surface area contributed by atoms with Crippen LogP contribution in [0.5, 0.6) is 5.75 Å². The van der Waals surface area contributed by atoms with Crippen molar-refractivity contribution < 1.29 is 19.1 Å². The van der Waals surface area contributed by atoms with E-state index >= 15 is 0 Å². The van der Waals surface area contributed by atoms with E-state index in [1.807, 2.05) is 0 Å². The van der Waals surface area contributed by atoms with Gasteiger partial charge in [-0.2, -0.15) is 0 Å². The Hall–Kier alpha value is -0.970. The molecule has 0 aliphatic heterocycles. The Labute approximate surface area is 195 Å². The van der Waals surface area contributed by atoms with Crippen molar-refractivity contribution in [2.45, 2.75) is 90.4 Å². The number of unbranched alkanes of at least 4 members (excludes halogenated alkanes) is 9. The predicted molar refractivity (Wildman–Crippen MR) is 124 cm³/mol. The molecule has 0 radical (unpaired) electrons. The van der Waals surface area contributed by atoms with Gasteiger partial charge in [-0.25, -0.2) is 0 Å². The van der Waals surface area contributed by atoms with Crippen LogP contribution >= 0.6 is 34.8 Å². The molecule has 0 bridgehead atoms. The fourth-order valence-electron chi connectivity index (χ4n) is 2.99. The number of carbonyl (C=O) groups is 2. The highest BCUT2D eigenvalue weighted by Crippen LogP contribution is 2.35. The van der Waals surface area contributed by atoms with Crippen LogP contribution in [0, 0.1) is 0 Å². The van der Waals surface area contributed by atoms with Gasteiger partial charge >= 0.3 is 11.9 Å². The van der Waals surface area contributed by atoms with Crippen LogP contribution in [0.1, 0.15) is 90.4 Å². The molecule has 0 aliphatic carbocycles. The lowest BCUT2D eigenvalue weighted by Crippen LogP contribution is -2.08. The minimum atomic E-state index is -0.354. The number of halogens is 3. The van der Waals surface area contributed by atoms with Crippen molar-refractivity contribution in [1.29, 1.82) is 0 Å². The zero-order chi connectivity index (χ0) is 22.2. The molecule has 4 nitrogen and oxygen atoms in total. The molecule has 0 unspecified atom stereocenters. The smallest absolute Gasteiger partial charge is 0.311 e. The second-order valence-electron chi connectivity index (χ2n) is 7.43. The molecule has 0 saturated heterocycles. The van der Waals surface area contributed by atoms with Crippen LogP contribution in [0.4, 0.5) is 0 Å². The largest absolute Gasteiger partial charge is 0.466 e. The number of ether oxygens (including phenoxy) is 2. The van der Waals surface area contributed by atoms with E-state index in [9.17, 15) is 9.59 Å². The minimum absolute atomic E-state index is 0.0898. The molecule has 0 aromatic heterocycles. The lowest BCUT2D eigenvalue weighted by Gasteiger charge is -2.08. The van der Waals surface area contributed by atoms with Crippen LogP contribution < -0.4 is 4.74 Å². The second-order valence-corrected chi connectivity index (χ2v) is 8.65. The van der Waals surface area contributed by atoms with Crippen molar-refractivity contribution in [2.75, 3.05) is 6.61 Å². The van der Waals surface area contributed by atoms with Crippen LogP contribution in [-0.2, 0) is 14.3 Å². The van der Waals surface area contributed by atoms with Gasteiger partial charge < -0.3 is 9.47 Å². The molecular formula is C23H33Cl3O4. The third-order valence-corrected chi connectivity index (χ3v) is 5.71. The van der Waals surface area contributed by atoms with Crippen molar-refractivity contribution >= 4 is 46.7 Å². The zero-order valence-corrected chi connectivity index (χ0v) is 20.1. The van der Waals surface area contributed by atoms with E-state index in [-0.39, 0.29) is 27.7 Å². The normalized spacial score (nSPS) is 10.8. The lowest BCUT2D eigenvalue weighted by molar-refractivity contribution is -0.144. The van der Waals surface area contributed by atoms with Crippen LogP contribution in [0.3, 0.4) is 0 Å². The maximum atomic E-state index is 11.9. The molecule has 1 aromatic rings. The van der Waals surface area contributed by atoms with Crippen LogP contribution in [0.15, 0.2) is 12.1 Å². The fraction of sp³-hybridized carbons (Fsp3) is 0.652. The maximum Gasteiger partial charge on any atom is 0.311 e. The first-order chi connectivity index (χ1) is 14.4. The number of hydrogen-bond acceptors (Lipinski definition) is 4. The van der Waals surface area contributed by atoms with E-state index in [1.165, 1.54) is 31.4 Å². The van der Waals surface area contributed by atoms with Gasteiger partial charge in [0.2, 0.25) is 0 Å². The van der Waals surface area contributed by atoms with E-state index in [4.69, 9.17) is 44.3 Å². The van der Waals surface area contributed by atoms with E-state index < -0.39 is 0 Å². The minimum Gasteiger partial charge on any atom is -0.466 e. The molecular weight excluding hydrogens is 447 g/mol. The molecule has 7 heteroatoms. The lowest BCUT2D eigenvalue weighted by atomic mass is 10.1. The van der Waals surface area contributed by atoms with E-state index in [2.05, 4.69) is 6.92 Å². The highest BCUT2D eigenvalue weighted by atomic mass is 35.5. The summed E-state index contributed by atoms with van der Waals surface area (Å²) in [5.74, 6) is -0.257. The van der Waals surface area contributed by atoms with Crippen LogP contribution in [0.2, 0.25) is 15.1 Å². The molecule has 0 spiro atoms. The quantitative estimate of drug-likeness (QED) is 0.104. The molecule has 170 valence electrons. The van der Waals surface area contributed by atoms with Crippen molar-refractivity contribution in [2.24, 2.45) is 0 Å². The van der Waals surface area contributed by atoms with Crippen LogP contribution in [-0.4, -0.2) is 18.5 Å². The van der Waals surface area contributed by atoms with Crippen molar-refractivity contribution in [3.8, 4) is 5.75 Å². The average molecular weight is 480 g/mol. The molecule has 0 N–H and O–H groups in total. The zero-order valence-electron chi connectivity index (χ0n) is 17.8. The van der Waals surface area contributed by atoms with Gasteiger partial charge in [-0.3, -0.25) is 9.59 Å². The fourth-order valence-corrected chi connectivity index (χ4v) is 3.61. The Morgan fingerprint density at radius 3 is 2.00 bits per heavy atom. The van der Waals surface area contributed by atoms with E-state index in [1.54, 1.807) is 0 Å². The molecule has 30 heavy (non-hydrogen) atoms. The molecule has 0 saturated carbocycles. The number of rotatable bonds is 16. The van der Waals surface area contributed by atoms with Gasteiger partial charge in [-0.1, -0.05) is 93.1 Å². The predicted octanol–water partition coefficient (Wildman–Crippen LogP) is 8.19. The van der Waals surface area contributed by atoms with Crippen molar-refractivity contribution in [1.82, 2.24) is 0 Å². The Bertz CT molecular complexity index is 650. The molecule has 0 aliphatic rings. The molecule has 0 heterocycles. The number of benzene rings is 1. The van der Waals surface area contributed by atoms with Crippen LogP contribution in [0.25, 0.3) is 0 Å². The first-order valence-electron chi connectivity index (χ1n) is 10.9. The number of carbonyl (C=O) groups excluding carboxylic acids is 2. The van der Waals surface area contributed by atoms with Crippen molar-refractivity contribution in [3.05, 3.63) is 27.2 Å². The Kier molecular flexibility index (Phi) is 15.1. The highest BCUT2D eigenvalue weighted by Gasteiger charge is 2.12. The van der Waals surface area contributed by atoms with Gasteiger partial charge in [0.15, 0.2) is 5.75 Å². The molecule has 0 fully saturated rings. The summed E-state index contributed by atoms with van der Waals surface area (Å²) in [5.41, 5.74) is 0. The molecule has 0 amide bonds. The Balaban J connectivity index is 1.99. The van der Waals surface area contributed by atoms with Gasteiger partial charge in [-0.05, 0) is 25.3 Å². The number of esters is 2. The summed E-state index contributed by atoms with van der Waals surface area (Å²) >= 11 is 17.8. The third kappa shape index (κ3) is 12.7. The third-order valence-electron chi connectivity index (χ3n) is 4.71. The summed E-state index contributed by atoms with van der Waals surface area (Å²) < 4.78 is 10.5. The molecule has 1 rings (SSSR count). The van der Waals surface area contributed by atoms with Gasteiger partial charge in [0.25, 0.3) is 0 Å². The van der Waals surface area contributed by atoms with E-state index in [0.717, 1.165) is 51.4 Å². The van der Waals surface area contributed by atoms with Gasteiger partial charge in [0.05, 0.1) is 11.6 Å².